The molecule has 0 saturated heterocycles. The van der Waals surface area contributed by atoms with Crippen LogP contribution in [0.4, 0.5) is 0 Å². The number of aromatic carboxylic acids is 2. The minimum atomic E-state index is -1.03. The maximum Gasteiger partial charge on any atom is 0.335 e. The molecule has 0 bridgehead atoms. The first-order valence-electron chi connectivity index (χ1n) is 7.36. The van der Waals surface area contributed by atoms with Crippen molar-refractivity contribution < 1.29 is 24.5 Å². The van der Waals surface area contributed by atoms with E-state index in [9.17, 15) is 9.59 Å². The molecule has 0 spiro atoms. The lowest BCUT2D eigenvalue weighted by Gasteiger charge is -2.14. The highest BCUT2D eigenvalue weighted by molar-refractivity contribution is 5.89. The number of carboxylic acids is 2. The van der Waals surface area contributed by atoms with Crippen LogP contribution < -0.4 is 4.74 Å². The molecule has 2 aromatic carbocycles. The van der Waals surface area contributed by atoms with Crippen molar-refractivity contribution in [1.29, 1.82) is 0 Å². The van der Waals surface area contributed by atoms with E-state index in [1.807, 2.05) is 13.8 Å². The van der Waals surface area contributed by atoms with E-state index in [-0.39, 0.29) is 11.1 Å². The predicted molar refractivity (Wildman–Crippen MR) is 85.6 cm³/mol. The Morgan fingerprint density at radius 3 is 1.52 bits per heavy atom. The molecule has 0 unspecified atom stereocenters. The third-order valence-electron chi connectivity index (χ3n) is 3.61. The average molecular weight is 314 g/mol. The highest BCUT2D eigenvalue weighted by atomic mass is 16.5. The van der Waals surface area contributed by atoms with Crippen molar-refractivity contribution in [2.75, 3.05) is 0 Å². The Kier molecular flexibility index (Phi) is 5.01. The second kappa shape index (κ2) is 6.96. The third kappa shape index (κ3) is 3.69. The Morgan fingerprint density at radius 2 is 1.22 bits per heavy atom. The van der Waals surface area contributed by atoms with Gasteiger partial charge in [0.1, 0.15) is 11.5 Å². The van der Waals surface area contributed by atoms with Crippen molar-refractivity contribution in [3.8, 4) is 11.5 Å². The molecule has 5 nitrogen and oxygen atoms in total. The molecular weight excluding hydrogens is 296 g/mol. The summed E-state index contributed by atoms with van der Waals surface area (Å²) in [5.41, 5.74) is 1.98. The van der Waals surface area contributed by atoms with E-state index in [4.69, 9.17) is 14.9 Å². The minimum Gasteiger partial charge on any atom is -0.478 e. The number of hydrogen-bond donors (Lipinski definition) is 2. The van der Waals surface area contributed by atoms with Gasteiger partial charge in [-0.2, -0.15) is 0 Å². The van der Waals surface area contributed by atoms with Gasteiger partial charge in [-0.05, 0) is 48.2 Å². The van der Waals surface area contributed by atoms with Gasteiger partial charge in [-0.15, -0.1) is 0 Å². The van der Waals surface area contributed by atoms with E-state index >= 15 is 0 Å². The SMILES string of the molecule is CCc1ccc(C(=O)O)cc1Oc1cc(C(=O)O)ccc1CC. The molecule has 120 valence electrons. The zero-order valence-electron chi connectivity index (χ0n) is 13.0. The van der Waals surface area contributed by atoms with Gasteiger partial charge in [-0.25, -0.2) is 9.59 Å². The Balaban J connectivity index is 2.48. The van der Waals surface area contributed by atoms with Crippen LogP contribution in [0, 0.1) is 0 Å². The van der Waals surface area contributed by atoms with E-state index in [1.165, 1.54) is 24.3 Å². The summed E-state index contributed by atoms with van der Waals surface area (Å²) in [4.78, 5) is 22.3. The maximum absolute atomic E-state index is 11.1. The minimum absolute atomic E-state index is 0.129. The summed E-state index contributed by atoms with van der Waals surface area (Å²) >= 11 is 0. The molecule has 2 rings (SSSR count). The largest absolute Gasteiger partial charge is 0.478 e. The fraction of sp³-hybridized carbons (Fsp3) is 0.222. The molecule has 2 N–H and O–H groups in total. The topological polar surface area (TPSA) is 83.8 Å². The normalized spacial score (nSPS) is 10.3. The van der Waals surface area contributed by atoms with Gasteiger partial charge in [-0.3, -0.25) is 0 Å². The lowest BCUT2D eigenvalue weighted by molar-refractivity contribution is 0.0686. The van der Waals surface area contributed by atoms with Crippen LogP contribution in [0.1, 0.15) is 45.7 Å². The number of rotatable bonds is 6. The Morgan fingerprint density at radius 1 is 0.826 bits per heavy atom. The van der Waals surface area contributed by atoms with Crippen molar-refractivity contribution in [2.24, 2.45) is 0 Å². The summed E-state index contributed by atoms with van der Waals surface area (Å²) in [6, 6.07) is 9.42. The number of carboxylic acid groups (broad SMARTS) is 2. The molecule has 0 amide bonds. The van der Waals surface area contributed by atoms with E-state index in [0.29, 0.717) is 24.3 Å². The summed E-state index contributed by atoms with van der Waals surface area (Å²) in [5.74, 6) is -1.20. The van der Waals surface area contributed by atoms with Gasteiger partial charge in [-0.1, -0.05) is 26.0 Å². The number of hydrogen-bond acceptors (Lipinski definition) is 3. The van der Waals surface area contributed by atoms with Crippen LogP contribution in [0.25, 0.3) is 0 Å². The average Bonchev–Trinajstić information content (AvgIpc) is 2.54. The van der Waals surface area contributed by atoms with E-state index in [2.05, 4.69) is 0 Å². The monoisotopic (exact) mass is 314 g/mol. The molecule has 0 aromatic heterocycles. The van der Waals surface area contributed by atoms with Gasteiger partial charge >= 0.3 is 11.9 Å². The van der Waals surface area contributed by atoms with Crippen molar-refractivity contribution in [3.63, 3.8) is 0 Å². The highest BCUT2D eigenvalue weighted by Gasteiger charge is 2.13. The van der Waals surface area contributed by atoms with Crippen molar-refractivity contribution in [1.82, 2.24) is 0 Å². The number of ether oxygens (including phenoxy) is 1. The molecule has 0 atom stereocenters. The van der Waals surface area contributed by atoms with Gasteiger partial charge in [0.25, 0.3) is 0 Å². The van der Waals surface area contributed by atoms with Crippen LogP contribution in [-0.2, 0) is 12.8 Å². The molecule has 0 aliphatic carbocycles. The predicted octanol–water partition coefficient (Wildman–Crippen LogP) is 4.00. The molecule has 0 saturated carbocycles. The van der Waals surface area contributed by atoms with Crippen LogP contribution in [0.5, 0.6) is 11.5 Å². The molecule has 23 heavy (non-hydrogen) atoms. The van der Waals surface area contributed by atoms with Crippen LogP contribution in [-0.4, -0.2) is 22.2 Å². The molecule has 0 heterocycles. The van der Waals surface area contributed by atoms with Crippen molar-refractivity contribution >= 4 is 11.9 Å². The van der Waals surface area contributed by atoms with E-state index in [1.54, 1.807) is 12.1 Å². The summed E-state index contributed by atoms with van der Waals surface area (Å²) in [6.07, 6.45) is 1.35. The summed E-state index contributed by atoms with van der Waals surface area (Å²) in [6.45, 7) is 3.88. The van der Waals surface area contributed by atoms with E-state index in [0.717, 1.165) is 11.1 Å². The second-order valence-corrected chi connectivity index (χ2v) is 5.06. The second-order valence-electron chi connectivity index (χ2n) is 5.06. The highest BCUT2D eigenvalue weighted by Crippen LogP contribution is 2.31. The number of aryl methyl sites for hydroxylation is 2. The van der Waals surface area contributed by atoms with Crippen molar-refractivity contribution in [3.05, 3.63) is 58.7 Å². The van der Waals surface area contributed by atoms with Crippen LogP contribution in [0.3, 0.4) is 0 Å². The zero-order chi connectivity index (χ0) is 17.0. The Labute approximate surface area is 134 Å². The van der Waals surface area contributed by atoms with Crippen LogP contribution in [0.2, 0.25) is 0 Å². The molecule has 0 aliphatic heterocycles. The molecule has 5 heteroatoms. The van der Waals surface area contributed by atoms with Crippen molar-refractivity contribution in [2.45, 2.75) is 26.7 Å². The summed E-state index contributed by atoms with van der Waals surface area (Å²) in [5, 5.41) is 18.2. The first kappa shape index (κ1) is 16.5. The Bertz CT molecular complexity index is 686. The quantitative estimate of drug-likeness (QED) is 0.842. The van der Waals surface area contributed by atoms with Crippen LogP contribution in [0.15, 0.2) is 36.4 Å². The maximum atomic E-state index is 11.1. The van der Waals surface area contributed by atoms with Gasteiger partial charge in [0.15, 0.2) is 0 Å². The number of carbonyl (C=O) groups is 2. The lowest BCUT2D eigenvalue weighted by Crippen LogP contribution is -2.02. The van der Waals surface area contributed by atoms with Gasteiger partial charge in [0, 0.05) is 0 Å². The summed E-state index contributed by atoms with van der Waals surface area (Å²) in [7, 11) is 0. The van der Waals surface area contributed by atoms with Gasteiger partial charge < -0.3 is 14.9 Å². The first-order chi connectivity index (χ1) is 11.0. The van der Waals surface area contributed by atoms with Crippen LogP contribution >= 0.6 is 0 Å². The molecule has 2 aromatic rings. The Hall–Kier alpha value is -2.82. The smallest absolute Gasteiger partial charge is 0.335 e. The van der Waals surface area contributed by atoms with Gasteiger partial charge in [0.2, 0.25) is 0 Å². The standard InChI is InChI=1S/C18H18O5/c1-3-11-5-7-13(17(19)20)9-15(11)23-16-10-14(18(21)22)8-6-12(16)4-2/h5-10H,3-4H2,1-2H3,(H,19,20)(H,21,22). The van der Waals surface area contributed by atoms with E-state index < -0.39 is 11.9 Å². The lowest BCUT2D eigenvalue weighted by atomic mass is 10.1. The fourth-order valence-corrected chi connectivity index (χ4v) is 2.27. The zero-order valence-corrected chi connectivity index (χ0v) is 13.0. The first-order valence-corrected chi connectivity index (χ1v) is 7.36. The molecular formula is C18H18O5. The summed E-state index contributed by atoms with van der Waals surface area (Å²) < 4.78 is 5.88. The third-order valence-corrected chi connectivity index (χ3v) is 3.61. The molecule has 0 aliphatic rings. The van der Waals surface area contributed by atoms with Gasteiger partial charge in [0.05, 0.1) is 11.1 Å². The molecule has 0 radical (unpaired) electrons. The fourth-order valence-electron chi connectivity index (χ4n) is 2.27. The molecule has 0 fully saturated rings. The number of benzene rings is 2.